The van der Waals surface area contributed by atoms with Crippen molar-refractivity contribution in [3.05, 3.63) is 29.1 Å². The number of hydrogen-bond donors (Lipinski definition) is 0. The van der Waals surface area contributed by atoms with Gasteiger partial charge in [0.15, 0.2) is 11.6 Å². The molecule has 0 heterocycles. The Morgan fingerprint density at radius 3 is 2.71 bits per heavy atom. The van der Waals surface area contributed by atoms with E-state index in [-0.39, 0.29) is 11.3 Å². The summed E-state index contributed by atoms with van der Waals surface area (Å²) in [6, 6.07) is 2.58. The van der Waals surface area contributed by atoms with Crippen LogP contribution in [-0.4, -0.2) is 13.2 Å². The molecule has 1 fully saturated rings. The summed E-state index contributed by atoms with van der Waals surface area (Å²) in [6.45, 7) is -0.769. The van der Waals surface area contributed by atoms with Crippen molar-refractivity contribution in [3.8, 4) is 5.75 Å². The zero-order valence-electron chi connectivity index (χ0n) is 9.30. The summed E-state index contributed by atoms with van der Waals surface area (Å²) >= 11 is 0. The molecule has 1 saturated carbocycles. The fourth-order valence-electron chi connectivity index (χ4n) is 1.93. The second kappa shape index (κ2) is 4.26. The number of hydrogen-bond acceptors (Lipinski definition) is 3. The average Bonchev–Trinajstić information content (AvgIpc) is 3.09. The lowest BCUT2D eigenvalue weighted by molar-refractivity contribution is 0.374. The second-order valence-corrected chi connectivity index (χ2v) is 4.03. The van der Waals surface area contributed by atoms with Gasteiger partial charge in [-0.05, 0) is 30.5 Å². The first-order chi connectivity index (χ1) is 8.16. The number of benzene rings is 1. The van der Waals surface area contributed by atoms with Crippen molar-refractivity contribution in [3.63, 3.8) is 0 Å². The molecule has 90 valence electrons. The van der Waals surface area contributed by atoms with Crippen LogP contribution in [-0.2, 0) is 17.0 Å². The molecule has 1 aromatic rings. The first-order valence-corrected chi connectivity index (χ1v) is 5.19. The van der Waals surface area contributed by atoms with Gasteiger partial charge in [0.05, 0.1) is 7.11 Å². The smallest absolute Gasteiger partial charge is 0.235 e. The number of halogens is 2. The van der Waals surface area contributed by atoms with Gasteiger partial charge in [-0.2, -0.15) is 4.99 Å². The van der Waals surface area contributed by atoms with Crippen LogP contribution in [0.15, 0.2) is 17.1 Å². The predicted octanol–water partition coefficient (Wildman–Crippen LogP) is 2.63. The summed E-state index contributed by atoms with van der Waals surface area (Å²) in [6.07, 6.45) is 2.72. The molecule has 2 rings (SSSR count). The Morgan fingerprint density at radius 1 is 1.53 bits per heavy atom. The van der Waals surface area contributed by atoms with Crippen molar-refractivity contribution in [1.82, 2.24) is 0 Å². The lowest BCUT2D eigenvalue weighted by Crippen LogP contribution is -2.07. The molecule has 0 aromatic heterocycles. The quantitative estimate of drug-likeness (QED) is 0.598. The molecule has 0 amide bonds. The van der Waals surface area contributed by atoms with E-state index < -0.39 is 18.0 Å². The van der Waals surface area contributed by atoms with Crippen LogP contribution >= 0.6 is 0 Å². The van der Waals surface area contributed by atoms with Gasteiger partial charge in [-0.15, -0.1) is 0 Å². The highest BCUT2D eigenvalue weighted by Gasteiger charge is 2.47. The van der Waals surface area contributed by atoms with Crippen molar-refractivity contribution in [2.75, 3.05) is 7.11 Å². The number of nitrogens with zero attached hydrogens (tertiary/aromatic N) is 1. The van der Waals surface area contributed by atoms with E-state index in [1.807, 2.05) is 0 Å². The molecule has 0 unspecified atom stereocenters. The fourth-order valence-corrected chi connectivity index (χ4v) is 1.93. The highest BCUT2D eigenvalue weighted by atomic mass is 19.1. The molecular formula is C12H11F2NO2. The molecule has 0 aliphatic heterocycles. The Bertz CT molecular complexity index is 492. The minimum atomic E-state index is -0.769. The maximum atomic E-state index is 13.7. The Labute approximate surface area is 97.1 Å². The van der Waals surface area contributed by atoms with Crippen LogP contribution in [0.25, 0.3) is 0 Å². The fraction of sp³-hybridized carbons (Fsp3) is 0.417. The third-order valence-corrected chi connectivity index (χ3v) is 2.95. The van der Waals surface area contributed by atoms with E-state index in [0.717, 1.165) is 6.07 Å². The van der Waals surface area contributed by atoms with Crippen LogP contribution in [0.4, 0.5) is 8.78 Å². The number of carbonyl (C=O) groups excluding carboxylic acids is 1. The minimum absolute atomic E-state index is 0.0266. The zero-order valence-corrected chi connectivity index (χ0v) is 9.30. The maximum absolute atomic E-state index is 13.7. The van der Waals surface area contributed by atoms with Gasteiger partial charge in [0.1, 0.15) is 12.2 Å². The Kier molecular flexibility index (Phi) is 2.94. The summed E-state index contributed by atoms with van der Waals surface area (Å²) in [5, 5.41) is 0. The van der Waals surface area contributed by atoms with Crippen LogP contribution in [0.2, 0.25) is 0 Å². The van der Waals surface area contributed by atoms with Gasteiger partial charge >= 0.3 is 0 Å². The van der Waals surface area contributed by atoms with Gasteiger partial charge in [0.25, 0.3) is 0 Å². The first-order valence-electron chi connectivity index (χ1n) is 5.19. The maximum Gasteiger partial charge on any atom is 0.235 e. The topological polar surface area (TPSA) is 38.7 Å². The number of alkyl halides is 1. The van der Waals surface area contributed by atoms with Crippen LogP contribution in [0.3, 0.4) is 0 Å². The highest BCUT2D eigenvalue weighted by Crippen LogP contribution is 2.53. The van der Waals surface area contributed by atoms with Crippen LogP contribution in [0.5, 0.6) is 5.75 Å². The van der Waals surface area contributed by atoms with Gasteiger partial charge in [0, 0.05) is 5.56 Å². The van der Waals surface area contributed by atoms with E-state index >= 15 is 0 Å². The highest BCUT2D eigenvalue weighted by molar-refractivity contribution is 5.49. The van der Waals surface area contributed by atoms with E-state index in [4.69, 9.17) is 4.74 Å². The molecule has 5 heteroatoms. The van der Waals surface area contributed by atoms with Gasteiger partial charge in [-0.3, -0.25) is 0 Å². The molecule has 17 heavy (non-hydrogen) atoms. The van der Waals surface area contributed by atoms with Crippen LogP contribution in [0, 0.1) is 5.82 Å². The molecule has 0 bridgehead atoms. The van der Waals surface area contributed by atoms with Gasteiger partial charge in [-0.1, -0.05) is 0 Å². The van der Waals surface area contributed by atoms with Crippen molar-refractivity contribution in [2.24, 2.45) is 4.99 Å². The van der Waals surface area contributed by atoms with Gasteiger partial charge in [-0.25, -0.2) is 13.6 Å². The third-order valence-electron chi connectivity index (χ3n) is 2.95. The Hall–Kier alpha value is -1.74. The number of rotatable bonds is 4. The molecule has 0 spiro atoms. The van der Waals surface area contributed by atoms with Crippen LogP contribution < -0.4 is 4.74 Å². The van der Waals surface area contributed by atoms with Crippen molar-refractivity contribution < 1.29 is 18.3 Å². The van der Waals surface area contributed by atoms with E-state index in [1.165, 1.54) is 19.3 Å². The van der Waals surface area contributed by atoms with E-state index in [1.54, 1.807) is 0 Å². The van der Waals surface area contributed by atoms with E-state index in [2.05, 4.69) is 4.99 Å². The summed E-state index contributed by atoms with van der Waals surface area (Å²) in [5.41, 5.74) is -0.124. The molecule has 1 aromatic carbocycles. The van der Waals surface area contributed by atoms with Crippen molar-refractivity contribution in [2.45, 2.75) is 25.1 Å². The second-order valence-electron chi connectivity index (χ2n) is 4.03. The first kappa shape index (κ1) is 11.7. The summed E-state index contributed by atoms with van der Waals surface area (Å²) in [5.74, 6) is -0.608. The SMILES string of the molecule is COc1c(F)cc(CF)cc1C1(N=C=O)CC1. The Balaban J connectivity index is 2.58. The Morgan fingerprint density at radius 2 is 2.24 bits per heavy atom. The normalized spacial score (nSPS) is 16.2. The standard InChI is InChI=1S/C12H11F2NO2/c1-17-11-9(12(2-3-12)15-7-16)4-8(6-13)5-10(11)14/h4-5H,2-3,6H2,1H3. The molecule has 0 atom stereocenters. The molecule has 0 N–H and O–H groups in total. The number of ether oxygens (including phenoxy) is 1. The number of methoxy groups -OCH3 is 1. The lowest BCUT2D eigenvalue weighted by Gasteiger charge is -2.15. The molecule has 0 radical (unpaired) electrons. The van der Waals surface area contributed by atoms with Crippen molar-refractivity contribution >= 4 is 6.08 Å². The molecule has 3 nitrogen and oxygen atoms in total. The molecule has 1 aliphatic carbocycles. The number of isocyanates is 1. The summed E-state index contributed by atoms with van der Waals surface area (Å²) < 4.78 is 31.2. The molecule has 1 aliphatic rings. The minimum Gasteiger partial charge on any atom is -0.493 e. The number of aliphatic imine (C=N–C) groups is 1. The molecular weight excluding hydrogens is 228 g/mol. The summed E-state index contributed by atoms with van der Waals surface area (Å²) in [7, 11) is 1.33. The van der Waals surface area contributed by atoms with E-state index in [9.17, 15) is 13.6 Å². The zero-order chi connectivity index (χ0) is 12.5. The van der Waals surface area contributed by atoms with Gasteiger partial charge < -0.3 is 4.74 Å². The predicted molar refractivity (Wildman–Crippen MR) is 56.8 cm³/mol. The summed E-state index contributed by atoms with van der Waals surface area (Å²) in [4.78, 5) is 14.1. The van der Waals surface area contributed by atoms with Gasteiger partial charge in [0.2, 0.25) is 6.08 Å². The average molecular weight is 239 g/mol. The molecule has 0 saturated heterocycles. The largest absolute Gasteiger partial charge is 0.493 e. The lowest BCUT2D eigenvalue weighted by atomic mass is 10.0. The van der Waals surface area contributed by atoms with Crippen molar-refractivity contribution in [1.29, 1.82) is 0 Å². The third kappa shape index (κ3) is 1.94. The van der Waals surface area contributed by atoms with E-state index in [0.29, 0.717) is 18.4 Å². The monoisotopic (exact) mass is 239 g/mol. The van der Waals surface area contributed by atoms with Crippen LogP contribution in [0.1, 0.15) is 24.0 Å².